The minimum absolute atomic E-state index is 0.303. The Morgan fingerprint density at radius 1 is 1.15 bits per heavy atom. The van der Waals surface area contributed by atoms with Crippen molar-refractivity contribution in [3.05, 3.63) is 0 Å². The van der Waals surface area contributed by atoms with E-state index in [0.29, 0.717) is 29.0 Å². The molecule has 0 aromatic rings. The van der Waals surface area contributed by atoms with Crippen LogP contribution in [0.1, 0.15) is 60.3 Å². The van der Waals surface area contributed by atoms with Crippen LogP contribution >= 0.6 is 0 Å². The first-order chi connectivity index (χ1) is 9.27. The molecular weight excluding hydrogens is 246 g/mol. The van der Waals surface area contributed by atoms with Gasteiger partial charge in [-0.1, -0.05) is 34.6 Å². The van der Waals surface area contributed by atoms with Crippen molar-refractivity contribution in [2.24, 2.45) is 29.1 Å². The summed E-state index contributed by atoms with van der Waals surface area (Å²) >= 11 is 0. The molecular formula is C18H33NO. The molecule has 1 aliphatic carbocycles. The lowest BCUT2D eigenvalue weighted by Gasteiger charge is -2.41. The number of carbonyl (C=O) groups excluding carboxylic acids is 1. The van der Waals surface area contributed by atoms with Crippen molar-refractivity contribution >= 4 is 5.78 Å². The molecule has 0 amide bonds. The van der Waals surface area contributed by atoms with Crippen molar-refractivity contribution < 1.29 is 4.79 Å². The average molecular weight is 279 g/mol. The first kappa shape index (κ1) is 16.0. The standard InChI is InChI=1S/C18H33NO/c1-13-10-14(2)16(17(20)11-13)12-19-8-6-15(7-9-19)18(3,4)5/h13-16H,6-12H2,1-5H3. The average Bonchev–Trinajstić information content (AvgIpc) is 2.33. The molecule has 0 N–H and O–H groups in total. The SMILES string of the molecule is CC1CC(=O)C(CN2CCC(C(C)(C)C)CC2)C(C)C1. The van der Waals surface area contributed by atoms with Crippen molar-refractivity contribution in [1.29, 1.82) is 0 Å². The van der Waals surface area contributed by atoms with E-state index in [4.69, 9.17) is 0 Å². The fourth-order valence-corrected chi connectivity index (χ4v) is 4.24. The monoisotopic (exact) mass is 279 g/mol. The fourth-order valence-electron chi connectivity index (χ4n) is 4.24. The zero-order chi connectivity index (χ0) is 14.9. The minimum Gasteiger partial charge on any atom is -0.303 e. The fraction of sp³-hybridized carbons (Fsp3) is 0.944. The lowest BCUT2D eigenvalue weighted by molar-refractivity contribution is -0.129. The minimum atomic E-state index is 0.303. The van der Waals surface area contributed by atoms with E-state index >= 15 is 0 Å². The van der Waals surface area contributed by atoms with Crippen LogP contribution in [0.5, 0.6) is 0 Å². The number of nitrogens with zero attached hydrogens (tertiary/aromatic N) is 1. The molecule has 2 fully saturated rings. The molecule has 2 rings (SSSR count). The second-order valence-electron chi connectivity index (χ2n) is 8.54. The van der Waals surface area contributed by atoms with Crippen molar-refractivity contribution in [2.75, 3.05) is 19.6 Å². The quantitative estimate of drug-likeness (QED) is 0.761. The summed E-state index contributed by atoms with van der Waals surface area (Å²) in [6.07, 6.45) is 4.65. The highest BCUT2D eigenvalue weighted by Crippen LogP contribution is 2.36. The van der Waals surface area contributed by atoms with E-state index in [2.05, 4.69) is 39.5 Å². The predicted molar refractivity (Wildman–Crippen MR) is 84.7 cm³/mol. The molecule has 0 spiro atoms. The maximum atomic E-state index is 12.3. The van der Waals surface area contributed by atoms with Crippen LogP contribution in [0.2, 0.25) is 0 Å². The molecule has 0 radical (unpaired) electrons. The summed E-state index contributed by atoms with van der Waals surface area (Å²) in [6, 6.07) is 0. The summed E-state index contributed by atoms with van der Waals surface area (Å²) < 4.78 is 0. The first-order valence-corrected chi connectivity index (χ1v) is 8.52. The molecule has 1 saturated heterocycles. The summed E-state index contributed by atoms with van der Waals surface area (Å²) in [5, 5.41) is 0. The van der Waals surface area contributed by atoms with Gasteiger partial charge in [0.2, 0.25) is 0 Å². The van der Waals surface area contributed by atoms with Gasteiger partial charge in [0.25, 0.3) is 0 Å². The number of hydrogen-bond acceptors (Lipinski definition) is 2. The number of Topliss-reactive ketones (excluding diaryl/α,β-unsaturated/α-hetero) is 1. The van der Waals surface area contributed by atoms with Gasteiger partial charge in [-0.3, -0.25) is 4.79 Å². The van der Waals surface area contributed by atoms with Crippen LogP contribution in [0.4, 0.5) is 0 Å². The van der Waals surface area contributed by atoms with Gasteiger partial charge in [0.15, 0.2) is 0 Å². The van der Waals surface area contributed by atoms with Crippen LogP contribution < -0.4 is 0 Å². The van der Waals surface area contributed by atoms with E-state index in [-0.39, 0.29) is 0 Å². The summed E-state index contributed by atoms with van der Waals surface area (Å²) in [4.78, 5) is 14.8. The van der Waals surface area contributed by atoms with E-state index in [1.807, 2.05) is 0 Å². The lowest BCUT2D eigenvalue weighted by Crippen LogP contribution is -2.44. The third-order valence-corrected chi connectivity index (χ3v) is 5.69. The smallest absolute Gasteiger partial charge is 0.137 e. The Bertz CT molecular complexity index is 336. The molecule has 2 nitrogen and oxygen atoms in total. The van der Waals surface area contributed by atoms with Crippen LogP contribution in [-0.4, -0.2) is 30.3 Å². The topological polar surface area (TPSA) is 20.3 Å². The Labute approximate surface area is 125 Å². The van der Waals surface area contributed by atoms with E-state index in [1.54, 1.807) is 0 Å². The molecule has 3 unspecified atom stereocenters. The van der Waals surface area contributed by atoms with Crippen LogP contribution in [0.25, 0.3) is 0 Å². The van der Waals surface area contributed by atoms with Gasteiger partial charge in [0.05, 0.1) is 0 Å². The molecule has 1 heterocycles. The molecule has 2 aliphatic rings. The maximum absolute atomic E-state index is 12.3. The van der Waals surface area contributed by atoms with E-state index in [1.165, 1.54) is 32.4 Å². The number of likely N-dealkylation sites (tertiary alicyclic amines) is 1. The summed E-state index contributed by atoms with van der Waals surface area (Å²) in [7, 11) is 0. The van der Waals surface area contributed by atoms with Gasteiger partial charge in [-0.05, 0) is 55.5 Å². The highest BCUT2D eigenvalue weighted by molar-refractivity contribution is 5.82. The summed E-state index contributed by atoms with van der Waals surface area (Å²) in [5.41, 5.74) is 0.440. The molecule has 3 atom stereocenters. The molecule has 0 bridgehead atoms. The molecule has 1 saturated carbocycles. The lowest BCUT2D eigenvalue weighted by atomic mass is 9.73. The van der Waals surface area contributed by atoms with Crippen molar-refractivity contribution in [3.8, 4) is 0 Å². The van der Waals surface area contributed by atoms with E-state index in [9.17, 15) is 4.79 Å². The predicted octanol–water partition coefficient (Wildman–Crippen LogP) is 4.00. The molecule has 20 heavy (non-hydrogen) atoms. The Morgan fingerprint density at radius 3 is 2.25 bits per heavy atom. The van der Waals surface area contributed by atoms with Crippen molar-refractivity contribution in [2.45, 2.75) is 60.3 Å². The van der Waals surface area contributed by atoms with E-state index in [0.717, 1.165) is 18.9 Å². The second kappa shape index (κ2) is 6.17. The van der Waals surface area contributed by atoms with Gasteiger partial charge in [-0.2, -0.15) is 0 Å². The van der Waals surface area contributed by atoms with Gasteiger partial charge >= 0.3 is 0 Å². The highest BCUT2D eigenvalue weighted by atomic mass is 16.1. The van der Waals surface area contributed by atoms with Crippen molar-refractivity contribution in [3.63, 3.8) is 0 Å². The number of piperidine rings is 1. The summed E-state index contributed by atoms with van der Waals surface area (Å²) in [6.45, 7) is 15.0. The molecule has 2 heteroatoms. The molecule has 0 aromatic carbocycles. The van der Waals surface area contributed by atoms with E-state index < -0.39 is 0 Å². The van der Waals surface area contributed by atoms with Crippen LogP contribution in [0, 0.1) is 29.1 Å². The Kier molecular flexibility index (Phi) is 4.94. The molecule has 116 valence electrons. The molecule has 1 aliphatic heterocycles. The van der Waals surface area contributed by atoms with Crippen LogP contribution in [0.15, 0.2) is 0 Å². The second-order valence-corrected chi connectivity index (χ2v) is 8.54. The van der Waals surface area contributed by atoms with Gasteiger partial charge in [-0.15, -0.1) is 0 Å². The zero-order valence-electron chi connectivity index (χ0n) is 14.1. The van der Waals surface area contributed by atoms with Gasteiger partial charge in [-0.25, -0.2) is 0 Å². The number of ketones is 1. The van der Waals surface area contributed by atoms with Gasteiger partial charge < -0.3 is 4.90 Å². The van der Waals surface area contributed by atoms with Crippen molar-refractivity contribution in [1.82, 2.24) is 4.90 Å². The molecule has 0 aromatic heterocycles. The highest BCUT2D eigenvalue weighted by Gasteiger charge is 2.35. The number of carbonyl (C=O) groups is 1. The summed E-state index contributed by atoms with van der Waals surface area (Å²) in [5.74, 6) is 2.84. The Balaban J connectivity index is 1.85. The third-order valence-electron chi connectivity index (χ3n) is 5.69. The van der Waals surface area contributed by atoms with Crippen LogP contribution in [0.3, 0.4) is 0 Å². The third kappa shape index (κ3) is 3.84. The zero-order valence-corrected chi connectivity index (χ0v) is 14.1. The first-order valence-electron chi connectivity index (χ1n) is 8.52. The Morgan fingerprint density at radius 2 is 1.75 bits per heavy atom. The normalized spacial score (nSPS) is 34.5. The van der Waals surface area contributed by atoms with Gasteiger partial charge in [0.1, 0.15) is 5.78 Å². The number of rotatable bonds is 2. The maximum Gasteiger partial charge on any atom is 0.137 e. The Hall–Kier alpha value is -0.370. The largest absolute Gasteiger partial charge is 0.303 e. The van der Waals surface area contributed by atoms with Crippen LogP contribution in [-0.2, 0) is 4.79 Å². The number of hydrogen-bond donors (Lipinski definition) is 0. The van der Waals surface area contributed by atoms with Gasteiger partial charge in [0, 0.05) is 18.9 Å².